The number of hydrogen-bond donors (Lipinski definition) is 0. The Morgan fingerprint density at radius 1 is 0.0800 bits per heavy atom. The van der Waals surface area contributed by atoms with E-state index in [0.29, 0.717) is 0 Å². The molecule has 0 aliphatic carbocycles. The van der Waals surface area contributed by atoms with E-state index in [1.807, 2.05) is 0 Å². The minimum absolute atomic E-state index is 0. The topological polar surface area (TPSA) is 0 Å². The van der Waals surface area contributed by atoms with Gasteiger partial charge in [0.05, 0.1) is 0 Å². The van der Waals surface area contributed by atoms with Gasteiger partial charge in [-0.15, -0.1) is 0 Å². The van der Waals surface area contributed by atoms with Crippen LogP contribution in [0.25, 0.3) is 0 Å². The Bertz CT molecular complexity index is 218. The Balaban J connectivity index is 0. The van der Waals surface area contributed by atoms with Crippen molar-refractivity contribution in [1.29, 1.82) is 0 Å². The second-order valence-corrected chi connectivity index (χ2v) is 0. The SMILES string of the molecule is C.C.C.C.C.C.C.C.C.C.C.C.C.C.C.C.C.C.C.C.C.C.C.C.C.C.C.C.C.C.C.P.P.P.P.P.P.P.P.P.P.P.P.P.P.P.P.P.P.P.P.P.P.S.S.S.S.S.S.S.S.S.S.S.[2HH].[2HH].[3HH].[3HH].[3HH].[3HH].[3HH].[3HH].[3HH].[3HH].[3HH].[3HH].[3HH].[3HH].[3HH].[3HH].[3HH].[3HH].[3HH].[3HH].[3HH].[3HH].[3HH].[3HH].[Y].[Y].[Y].[Y].[Y].[Y].[Y].[Y].[Y].[Y].[Y]. The van der Waals surface area contributed by atoms with Crippen LogP contribution < -0.4 is 0 Å². The predicted molar refractivity (Wildman–Crippen MR) is 618 cm³/mol. The molecule has 0 saturated carbocycles. The molecular weight excluding hydrogens is 2380 g/mol. The summed E-state index contributed by atoms with van der Waals surface area (Å²) in [6.45, 7) is 0. The maximum Gasteiger partial charge on any atom is 0 e. The maximum absolute atomic E-state index is 0. The van der Waals surface area contributed by atoms with Crippen LogP contribution in [-0.4, -0.2) is 0 Å². The fourth-order valence-electron chi connectivity index (χ4n) is 0. The molecule has 11 radical (unpaired) electrons. The van der Waals surface area contributed by atoms with Crippen molar-refractivity contribution in [3.63, 3.8) is 0 Å². The largest absolute Gasteiger partial charge is 0.197 e. The molecule has 593 valence electrons. The summed E-state index contributed by atoms with van der Waals surface area (Å²) < 4.78 is 0. The fourth-order valence-corrected chi connectivity index (χ4v) is 0. The summed E-state index contributed by atoms with van der Waals surface area (Å²) in [7, 11) is 0. The van der Waals surface area contributed by atoms with Gasteiger partial charge in [-0.3, -0.25) is 0 Å². The van der Waals surface area contributed by atoms with Crippen molar-refractivity contribution in [1.82, 2.24) is 0 Å². The summed E-state index contributed by atoms with van der Waals surface area (Å²) in [5.41, 5.74) is 0. The van der Waals surface area contributed by atoms with E-state index in [-0.39, 0.29) is 990 Å². The Hall–Kier alpha value is 25.5. The summed E-state index contributed by atoms with van der Waals surface area (Å²) in [5.74, 6) is 0. The average molecular weight is 2690 g/mol. The van der Waals surface area contributed by atoms with Gasteiger partial charge in [-0.1, -0.05) is 230 Å². The molecule has 0 spiro atoms. The van der Waals surface area contributed by atoms with E-state index in [1.165, 1.54) is 0 Å². The monoisotopic (exact) mass is 2690 g/mol. The van der Waals surface area contributed by atoms with Crippen molar-refractivity contribution in [2.45, 2.75) is 230 Å². The third-order valence-electron chi connectivity index (χ3n) is 0. The zero-order valence-corrected chi connectivity index (χ0v) is 101. The van der Waals surface area contributed by atoms with Crippen LogP contribution in [-0.2, 0) is 360 Å². The Morgan fingerprint density at radius 2 is 0.0800 bits per heavy atom. The first kappa shape index (κ1) is 1530. The summed E-state index contributed by atoms with van der Waals surface area (Å²) in [4.78, 5) is 0. The van der Waals surface area contributed by atoms with Gasteiger partial charge in [-0.25, -0.2) is 0 Å². The van der Waals surface area contributed by atoms with Crippen LogP contribution in [0.4, 0.5) is 0 Å². The first-order valence-electron chi connectivity index (χ1n) is 0. The standard InChI is InChI=1S/31CH4.22H3P.11H2S.11Y.24H2/h31*1H4;22*1H3;11*1H2;;;;;;;;;;;;24*1H/i;;;;;;;;;;;;;;;;;;;;;;;;;;;;;;;;;;;;;;;;;;;;;;;;;;;;;;;;;;;;;;;;;;;;;;;;;;;22*1+2;2*1+1. The number of hydrogen-bond acceptors (Lipinski definition) is 0. The van der Waals surface area contributed by atoms with E-state index in [2.05, 4.69) is 0 Å². The number of rotatable bonds is 0. The van der Waals surface area contributed by atoms with E-state index in [1.54, 1.807) is 0 Å². The summed E-state index contributed by atoms with van der Waals surface area (Å²) in [6, 6.07) is 0. The van der Waals surface area contributed by atoms with Crippen molar-refractivity contribution in [3.8, 4) is 0 Å². The van der Waals surface area contributed by atoms with E-state index in [9.17, 15) is 0 Å². The Labute approximate surface area is 970 Å². The van der Waals surface area contributed by atoms with Crippen LogP contribution in [0.5, 0.6) is 0 Å². The smallest absolute Gasteiger partial charge is 0 e. The molecule has 0 aliphatic heterocycles. The molecule has 0 saturated heterocycles. The molecule has 75 heavy (non-hydrogen) atoms. The van der Waals surface area contributed by atoms with Crippen molar-refractivity contribution in [2.75, 3.05) is 0 Å². The molecule has 0 bridgehead atoms. The quantitative estimate of drug-likeness (QED) is 0.212. The Kier molecular flexibility index (Phi) is 30400. The second kappa shape index (κ2) is 1490. The fraction of sp³-hybridized carbons (Fsp3) is 1.00. The zero-order valence-electron chi connectivity index (χ0n) is 27.4. The van der Waals surface area contributed by atoms with Crippen LogP contribution in [0, 0.1) is 0 Å². The van der Waals surface area contributed by atoms with Gasteiger partial charge < -0.3 is 0 Å². The van der Waals surface area contributed by atoms with Gasteiger partial charge in [0.2, 0.25) is 0 Å². The van der Waals surface area contributed by atoms with Gasteiger partial charge in [-0.2, -0.15) is 366 Å². The maximum atomic E-state index is 0. The molecule has 0 rings (SSSR count). The molecule has 22 unspecified atom stereocenters. The predicted octanol–water partition coefficient (Wildman–Crippen LogP) is 28.1. The minimum Gasteiger partial charge on any atom is -0.197 e. The van der Waals surface area contributed by atoms with Crippen LogP contribution in [0.1, 0.15) is 264 Å². The average Bonchev–Trinajstić information content (AvgIpc) is 0. The molecule has 0 amide bonds. The first-order valence-corrected chi connectivity index (χ1v) is 0. The zero-order chi connectivity index (χ0) is 0. The first-order chi connectivity index (χ1) is 0. The van der Waals surface area contributed by atoms with Crippen LogP contribution >= 0.6 is 366 Å². The van der Waals surface area contributed by atoms with Crippen LogP contribution in [0.15, 0.2) is 0 Å². The molecule has 0 N–H and O–H groups in total. The molecular formula is C31H260P22S11Y11. The van der Waals surface area contributed by atoms with Crippen LogP contribution in [0.2, 0.25) is 0 Å². The molecule has 0 aromatic carbocycles. The molecule has 44 heteroatoms. The second-order valence-electron chi connectivity index (χ2n) is 0. The van der Waals surface area contributed by atoms with Gasteiger partial charge >= 0.3 is 0 Å². The summed E-state index contributed by atoms with van der Waals surface area (Å²) in [5, 5.41) is 0. The van der Waals surface area contributed by atoms with Crippen molar-refractivity contribution in [3.05, 3.63) is 0 Å². The molecule has 0 aliphatic rings. The van der Waals surface area contributed by atoms with E-state index >= 15 is 0 Å². The molecule has 0 heterocycles. The van der Waals surface area contributed by atoms with Gasteiger partial charge in [0.25, 0.3) is 0 Å². The third kappa shape index (κ3) is 1460. The Morgan fingerprint density at radius 3 is 0.0800 bits per heavy atom. The van der Waals surface area contributed by atoms with Gasteiger partial charge in [0.1, 0.15) is 0 Å². The molecule has 0 fully saturated rings. The van der Waals surface area contributed by atoms with Gasteiger partial charge in [0.15, 0.2) is 0 Å². The van der Waals surface area contributed by atoms with E-state index < -0.39 is 0 Å². The summed E-state index contributed by atoms with van der Waals surface area (Å²) >= 11 is 0. The third-order valence-corrected chi connectivity index (χ3v) is 0. The van der Waals surface area contributed by atoms with Gasteiger partial charge in [-0.05, 0) is 0 Å². The van der Waals surface area contributed by atoms with E-state index in [0.717, 1.165) is 0 Å². The molecule has 22 atom stereocenters. The summed E-state index contributed by atoms with van der Waals surface area (Å²) in [6.07, 6.45) is 0. The van der Waals surface area contributed by atoms with Crippen molar-refractivity contribution >= 4 is 366 Å². The van der Waals surface area contributed by atoms with Gasteiger partial charge in [0, 0.05) is 394 Å². The molecule has 0 aromatic rings. The van der Waals surface area contributed by atoms with E-state index in [4.69, 9.17) is 0 Å². The van der Waals surface area contributed by atoms with Crippen molar-refractivity contribution in [2.24, 2.45) is 0 Å². The van der Waals surface area contributed by atoms with Crippen LogP contribution in [0.3, 0.4) is 0 Å². The minimum atomic E-state index is 0. The molecule has 0 aromatic heterocycles. The molecule has 0 nitrogen and oxygen atoms in total. The van der Waals surface area contributed by atoms with Crippen molar-refractivity contribution < 1.29 is 394 Å². The normalized spacial score (nSPS) is 0.